The maximum Gasteiger partial charge on any atom is 0.339 e. The normalized spacial score (nSPS) is 20.5. The molecule has 1 atom stereocenters. The Kier molecular flexibility index (Phi) is 3.67. The molecule has 3 N–H and O–H groups in total. The SMILES string of the molecule is O=C(O)c1ccc(NC(=O)C2CCS(=O)(=O)C2)cc1O. The van der Waals surface area contributed by atoms with Crippen LogP contribution in [0.4, 0.5) is 5.69 Å². The van der Waals surface area contributed by atoms with Crippen molar-refractivity contribution in [1.29, 1.82) is 0 Å². The van der Waals surface area contributed by atoms with Crippen molar-refractivity contribution in [2.75, 3.05) is 16.8 Å². The second-order valence-corrected chi connectivity index (χ2v) is 6.86. The predicted molar refractivity (Wildman–Crippen MR) is 70.5 cm³/mol. The molecule has 8 heteroatoms. The highest BCUT2D eigenvalue weighted by molar-refractivity contribution is 7.91. The Hall–Kier alpha value is -2.09. The highest BCUT2D eigenvalue weighted by atomic mass is 32.2. The molecular weight excluding hydrogens is 286 g/mol. The van der Waals surface area contributed by atoms with E-state index in [0.717, 1.165) is 6.07 Å². The Bertz CT molecular complexity index is 667. The smallest absolute Gasteiger partial charge is 0.339 e. The Labute approximate surface area is 115 Å². The van der Waals surface area contributed by atoms with Crippen LogP contribution in [-0.4, -0.2) is 42.0 Å². The quantitative estimate of drug-likeness (QED) is 0.745. The number of carboxylic acid groups (broad SMARTS) is 1. The molecular formula is C12H13NO6S. The van der Waals surface area contributed by atoms with Gasteiger partial charge < -0.3 is 15.5 Å². The number of carbonyl (C=O) groups excluding carboxylic acids is 1. The summed E-state index contributed by atoms with van der Waals surface area (Å²) in [5, 5.41) is 20.7. The lowest BCUT2D eigenvalue weighted by atomic mass is 10.1. The van der Waals surface area contributed by atoms with E-state index in [0.29, 0.717) is 0 Å². The predicted octanol–water partition coefficient (Wildman–Crippen LogP) is 0.464. The number of hydrogen-bond donors (Lipinski definition) is 3. The van der Waals surface area contributed by atoms with E-state index in [1.165, 1.54) is 12.1 Å². The van der Waals surface area contributed by atoms with E-state index >= 15 is 0 Å². The van der Waals surface area contributed by atoms with Gasteiger partial charge in [0.2, 0.25) is 5.91 Å². The summed E-state index contributed by atoms with van der Waals surface area (Å²) in [6.07, 6.45) is 0.271. The number of carboxylic acids is 1. The molecule has 7 nitrogen and oxygen atoms in total. The number of nitrogens with one attached hydrogen (secondary N) is 1. The van der Waals surface area contributed by atoms with Gasteiger partial charge in [0.15, 0.2) is 9.84 Å². The first-order valence-corrected chi connectivity index (χ1v) is 7.68. The van der Waals surface area contributed by atoms with E-state index in [-0.39, 0.29) is 29.2 Å². The molecule has 0 radical (unpaired) electrons. The highest BCUT2D eigenvalue weighted by Gasteiger charge is 2.33. The van der Waals surface area contributed by atoms with Gasteiger partial charge in [-0.15, -0.1) is 0 Å². The maximum atomic E-state index is 11.9. The lowest BCUT2D eigenvalue weighted by Gasteiger charge is -2.10. The first-order valence-electron chi connectivity index (χ1n) is 5.86. The zero-order valence-corrected chi connectivity index (χ0v) is 11.2. The number of aromatic hydroxyl groups is 1. The second kappa shape index (κ2) is 5.12. The van der Waals surface area contributed by atoms with Gasteiger partial charge in [0, 0.05) is 11.8 Å². The van der Waals surface area contributed by atoms with Crippen molar-refractivity contribution >= 4 is 27.4 Å². The molecule has 0 saturated carbocycles. The number of carbonyl (C=O) groups is 2. The van der Waals surface area contributed by atoms with Crippen LogP contribution in [0.5, 0.6) is 5.75 Å². The number of benzene rings is 1. The minimum absolute atomic E-state index is 0.00567. The van der Waals surface area contributed by atoms with Gasteiger partial charge in [-0.3, -0.25) is 4.79 Å². The summed E-state index contributed by atoms with van der Waals surface area (Å²) in [6.45, 7) is 0. The summed E-state index contributed by atoms with van der Waals surface area (Å²) in [7, 11) is -3.15. The van der Waals surface area contributed by atoms with E-state index in [2.05, 4.69) is 5.32 Å². The summed E-state index contributed by atoms with van der Waals surface area (Å²) < 4.78 is 22.6. The second-order valence-electron chi connectivity index (χ2n) is 4.63. The standard InChI is InChI=1S/C12H13NO6S/c14-10-5-8(1-2-9(10)12(16)17)13-11(15)7-3-4-20(18,19)6-7/h1-2,5,7,14H,3-4,6H2,(H,13,15)(H,16,17). The summed E-state index contributed by atoms with van der Waals surface area (Å²) in [4.78, 5) is 22.6. The number of amides is 1. The molecule has 20 heavy (non-hydrogen) atoms. The van der Waals surface area contributed by atoms with Crippen LogP contribution in [0.25, 0.3) is 0 Å². The van der Waals surface area contributed by atoms with Crippen LogP contribution in [-0.2, 0) is 14.6 Å². The molecule has 1 amide bonds. The third kappa shape index (κ3) is 3.08. The molecule has 1 aromatic rings. The first kappa shape index (κ1) is 14.3. The lowest BCUT2D eigenvalue weighted by molar-refractivity contribution is -0.119. The minimum atomic E-state index is -3.15. The van der Waals surface area contributed by atoms with Crippen LogP contribution in [0.1, 0.15) is 16.8 Å². The van der Waals surface area contributed by atoms with E-state index < -0.39 is 33.4 Å². The zero-order valence-electron chi connectivity index (χ0n) is 10.4. The first-order chi connectivity index (χ1) is 9.28. The number of anilines is 1. The van der Waals surface area contributed by atoms with Crippen molar-refractivity contribution in [3.8, 4) is 5.75 Å². The number of sulfone groups is 1. The van der Waals surface area contributed by atoms with Crippen LogP contribution in [0.15, 0.2) is 18.2 Å². The molecule has 108 valence electrons. The summed E-state index contributed by atoms with van der Waals surface area (Å²) in [6, 6.07) is 3.62. The third-order valence-electron chi connectivity index (χ3n) is 3.10. The number of hydrogen-bond acceptors (Lipinski definition) is 5. The van der Waals surface area contributed by atoms with Crippen molar-refractivity contribution in [3.05, 3.63) is 23.8 Å². The van der Waals surface area contributed by atoms with Gasteiger partial charge >= 0.3 is 5.97 Å². The molecule has 1 heterocycles. The van der Waals surface area contributed by atoms with Gasteiger partial charge in [0.05, 0.1) is 17.4 Å². The molecule has 0 spiro atoms. The van der Waals surface area contributed by atoms with Crippen LogP contribution in [0, 0.1) is 5.92 Å². The number of phenols is 1. The van der Waals surface area contributed by atoms with Gasteiger partial charge in [0.1, 0.15) is 11.3 Å². The Morgan fingerprint density at radius 1 is 1.30 bits per heavy atom. The monoisotopic (exact) mass is 299 g/mol. The van der Waals surface area contributed by atoms with Gasteiger partial charge in [-0.2, -0.15) is 0 Å². The molecule has 0 aromatic heterocycles. The molecule has 1 aromatic carbocycles. The summed E-state index contributed by atoms with van der Waals surface area (Å²) in [5.74, 6) is -2.99. The zero-order chi connectivity index (χ0) is 14.9. The van der Waals surface area contributed by atoms with E-state index in [4.69, 9.17) is 5.11 Å². The lowest BCUT2D eigenvalue weighted by Crippen LogP contribution is -2.23. The van der Waals surface area contributed by atoms with Crippen molar-refractivity contribution < 1.29 is 28.2 Å². The Balaban J connectivity index is 2.09. The van der Waals surface area contributed by atoms with Gasteiger partial charge in [-0.05, 0) is 18.6 Å². The number of aromatic carboxylic acids is 1. The average Bonchev–Trinajstić information content (AvgIpc) is 2.69. The largest absolute Gasteiger partial charge is 0.507 e. The topological polar surface area (TPSA) is 121 Å². The van der Waals surface area contributed by atoms with Crippen LogP contribution < -0.4 is 5.32 Å². The van der Waals surface area contributed by atoms with Crippen LogP contribution in [0.3, 0.4) is 0 Å². The average molecular weight is 299 g/mol. The Morgan fingerprint density at radius 2 is 2.00 bits per heavy atom. The molecule has 1 unspecified atom stereocenters. The third-order valence-corrected chi connectivity index (χ3v) is 4.87. The van der Waals surface area contributed by atoms with Crippen LogP contribution >= 0.6 is 0 Å². The van der Waals surface area contributed by atoms with Crippen LogP contribution in [0.2, 0.25) is 0 Å². The molecule has 2 rings (SSSR count). The van der Waals surface area contributed by atoms with Crippen molar-refractivity contribution in [2.24, 2.45) is 5.92 Å². The molecule has 1 aliphatic heterocycles. The van der Waals surface area contributed by atoms with Gasteiger partial charge in [-0.1, -0.05) is 0 Å². The van der Waals surface area contributed by atoms with Crippen molar-refractivity contribution in [1.82, 2.24) is 0 Å². The maximum absolute atomic E-state index is 11.9. The fourth-order valence-electron chi connectivity index (χ4n) is 2.04. The fraction of sp³-hybridized carbons (Fsp3) is 0.333. The van der Waals surface area contributed by atoms with Crippen molar-refractivity contribution in [2.45, 2.75) is 6.42 Å². The highest BCUT2D eigenvalue weighted by Crippen LogP contribution is 2.24. The minimum Gasteiger partial charge on any atom is -0.507 e. The van der Waals surface area contributed by atoms with E-state index in [1.54, 1.807) is 0 Å². The summed E-state index contributed by atoms with van der Waals surface area (Å²) in [5.41, 5.74) is -0.0479. The van der Waals surface area contributed by atoms with E-state index in [1.807, 2.05) is 0 Å². The van der Waals surface area contributed by atoms with E-state index in [9.17, 15) is 23.1 Å². The molecule has 1 fully saturated rings. The number of rotatable bonds is 3. The molecule has 1 saturated heterocycles. The molecule has 1 aliphatic rings. The molecule has 0 aliphatic carbocycles. The van der Waals surface area contributed by atoms with Crippen molar-refractivity contribution in [3.63, 3.8) is 0 Å². The summed E-state index contributed by atoms with van der Waals surface area (Å²) >= 11 is 0. The van der Waals surface area contributed by atoms with Gasteiger partial charge in [0.25, 0.3) is 0 Å². The Morgan fingerprint density at radius 3 is 2.50 bits per heavy atom. The van der Waals surface area contributed by atoms with Gasteiger partial charge in [-0.25, -0.2) is 13.2 Å². The molecule has 0 bridgehead atoms. The fourth-order valence-corrected chi connectivity index (χ4v) is 3.78.